The van der Waals surface area contributed by atoms with Gasteiger partial charge in [0.25, 0.3) is 5.91 Å². The maximum Gasteiger partial charge on any atom is 0.306 e. The van der Waals surface area contributed by atoms with Crippen molar-refractivity contribution in [2.45, 2.75) is 57.9 Å². The molecule has 1 heterocycles. The second-order valence-electron chi connectivity index (χ2n) is 7.94. The fourth-order valence-corrected chi connectivity index (χ4v) is 4.25. The third-order valence-corrected chi connectivity index (χ3v) is 6.09. The highest BCUT2D eigenvalue weighted by atomic mass is 16.4. The zero-order chi connectivity index (χ0) is 20.8. The van der Waals surface area contributed by atoms with E-state index in [4.69, 9.17) is 5.11 Å². The number of aliphatic carboxylic acids is 1. The number of nitrogens with one attached hydrogen (secondary N) is 1. The summed E-state index contributed by atoms with van der Waals surface area (Å²) < 4.78 is 0. The van der Waals surface area contributed by atoms with Crippen LogP contribution < -0.4 is 5.32 Å². The Hall–Kier alpha value is -2.81. The average Bonchev–Trinajstić information content (AvgIpc) is 2.76. The van der Waals surface area contributed by atoms with Crippen molar-refractivity contribution < 1.29 is 14.7 Å². The molecule has 1 amide bonds. The minimum atomic E-state index is -0.814. The first kappa shape index (κ1) is 20.9. The molecule has 29 heavy (non-hydrogen) atoms. The largest absolute Gasteiger partial charge is 0.481 e. The van der Waals surface area contributed by atoms with Gasteiger partial charge in [-0.05, 0) is 61.6 Å². The van der Waals surface area contributed by atoms with Crippen LogP contribution in [0, 0.1) is 17.2 Å². The van der Waals surface area contributed by atoms with Crippen LogP contribution >= 0.6 is 0 Å². The summed E-state index contributed by atoms with van der Waals surface area (Å²) in [5.74, 6) is -1.55. The number of fused-ring (bicyclic) bond motifs is 1. The summed E-state index contributed by atoms with van der Waals surface area (Å²) in [5.41, 5.74) is 4.09. The minimum Gasteiger partial charge on any atom is -0.481 e. The maximum atomic E-state index is 12.7. The number of carbonyl (C=O) groups excluding carboxylic acids is 1. The van der Waals surface area contributed by atoms with E-state index in [9.17, 15) is 14.9 Å². The van der Waals surface area contributed by atoms with Crippen LogP contribution in [0.4, 0.5) is 0 Å². The molecule has 1 unspecified atom stereocenters. The molecule has 0 saturated carbocycles. The highest BCUT2D eigenvalue weighted by molar-refractivity contribution is 5.97. The molecule has 1 aromatic rings. The van der Waals surface area contributed by atoms with Gasteiger partial charge in [0.1, 0.15) is 11.6 Å². The highest BCUT2D eigenvalue weighted by Gasteiger charge is 2.28. The van der Waals surface area contributed by atoms with Crippen LogP contribution in [0.3, 0.4) is 0 Å². The van der Waals surface area contributed by atoms with E-state index in [-0.39, 0.29) is 17.5 Å². The topological polar surface area (TPSA) is 93.4 Å². The first-order valence-corrected chi connectivity index (χ1v) is 10.5. The molecule has 2 N–H and O–H groups in total. The number of aryl methyl sites for hydroxylation is 2. The van der Waals surface area contributed by atoms with Crippen LogP contribution in [-0.4, -0.2) is 35.0 Å². The van der Waals surface area contributed by atoms with Crippen LogP contribution in [0.25, 0.3) is 0 Å². The Balaban J connectivity index is 1.66. The van der Waals surface area contributed by atoms with E-state index in [1.54, 1.807) is 4.90 Å². The summed E-state index contributed by atoms with van der Waals surface area (Å²) >= 11 is 0. The molecule has 1 aromatic carbocycles. The van der Waals surface area contributed by atoms with Crippen LogP contribution in [0.1, 0.15) is 61.8 Å². The summed E-state index contributed by atoms with van der Waals surface area (Å²) in [4.78, 5) is 25.3. The van der Waals surface area contributed by atoms with Gasteiger partial charge in [-0.15, -0.1) is 0 Å². The number of amides is 1. The number of benzene rings is 1. The monoisotopic (exact) mass is 395 g/mol. The molecule has 0 radical (unpaired) electrons. The van der Waals surface area contributed by atoms with Gasteiger partial charge >= 0.3 is 5.97 Å². The van der Waals surface area contributed by atoms with E-state index in [1.165, 1.54) is 35.7 Å². The highest BCUT2D eigenvalue weighted by Crippen LogP contribution is 2.26. The molecule has 0 spiro atoms. The number of carboxylic acids is 1. The first-order chi connectivity index (χ1) is 14.0. The number of hydrogen-bond acceptors (Lipinski definition) is 4. The lowest BCUT2D eigenvalue weighted by Gasteiger charge is -2.30. The standard InChI is InChI=1S/C23H29N3O3/c1-2-21(19-8-7-16-5-3-4-6-18(16)13-19)25-15-20(14-24)22(27)26-11-9-17(10-12-26)23(28)29/h7-8,13,15,17,21,25H,2-6,9-12H2,1H3,(H,28,29)/b20-15-. The number of rotatable bonds is 6. The number of piperidine rings is 1. The Labute approximate surface area is 172 Å². The molecule has 1 atom stereocenters. The molecule has 0 aromatic heterocycles. The molecule has 1 aliphatic heterocycles. The zero-order valence-corrected chi connectivity index (χ0v) is 17.0. The van der Waals surface area contributed by atoms with Gasteiger partial charge in [0.15, 0.2) is 0 Å². The van der Waals surface area contributed by atoms with Crippen molar-refractivity contribution in [2.24, 2.45) is 5.92 Å². The average molecular weight is 396 g/mol. The Morgan fingerprint density at radius 3 is 2.59 bits per heavy atom. The summed E-state index contributed by atoms with van der Waals surface area (Å²) in [5, 5.41) is 21.8. The predicted octanol–water partition coefficient (Wildman–Crippen LogP) is 3.34. The zero-order valence-electron chi connectivity index (χ0n) is 17.0. The quantitative estimate of drug-likeness (QED) is 0.569. The van der Waals surface area contributed by atoms with Crippen molar-refractivity contribution in [1.82, 2.24) is 10.2 Å². The lowest BCUT2D eigenvalue weighted by Crippen LogP contribution is -2.41. The van der Waals surface area contributed by atoms with Crippen molar-refractivity contribution in [3.8, 4) is 6.07 Å². The van der Waals surface area contributed by atoms with Gasteiger partial charge in [-0.2, -0.15) is 5.26 Å². The molecule has 3 rings (SSSR count). The van der Waals surface area contributed by atoms with Gasteiger partial charge < -0.3 is 15.3 Å². The van der Waals surface area contributed by atoms with Gasteiger partial charge in [-0.3, -0.25) is 9.59 Å². The molecule has 1 aliphatic carbocycles. The third-order valence-electron chi connectivity index (χ3n) is 6.09. The van der Waals surface area contributed by atoms with E-state index >= 15 is 0 Å². The van der Waals surface area contributed by atoms with Crippen molar-refractivity contribution in [2.75, 3.05) is 13.1 Å². The Bertz CT molecular complexity index is 832. The van der Waals surface area contributed by atoms with E-state index in [2.05, 4.69) is 30.4 Å². The van der Waals surface area contributed by atoms with E-state index in [0.717, 1.165) is 19.3 Å². The van der Waals surface area contributed by atoms with Crippen molar-refractivity contribution in [1.29, 1.82) is 5.26 Å². The fraction of sp³-hybridized carbons (Fsp3) is 0.522. The van der Waals surface area contributed by atoms with Crippen molar-refractivity contribution >= 4 is 11.9 Å². The molecular weight excluding hydrogens is 366 g/mol. The predicted molar refractivity (Wildman–Crippen MR) is 110 cm³/mol. The van der Waals surface area contributed by atoms with E-state index in [1.807, 2.05) is 6.07 Å². The fourth-order valence-electron chi connectivity index (χ4n) is 4.25. The van der Waals surface area contributed by atoms with Gasteiger partial charge in [-0.25, -0.2) is 0 Å². The lowest BCUT2D eigenvalue weighted by molar-refractivity contribution is -0.145. The minimum absolute atomic E-state index is 0.0381. The third kappa shape index (κ3) is 4.97. The van der Waals surface area contributed by atoms with E-state index in [0.29, 0.717) is 25.9 Å². The van der Waals surface area contributed by atoms with Gasteiger partial charge in [0.2, 0.25) is 0 Å². The number of hydrogen-bond donors (Lipinski definition) is 2. The molecule has 0 bridgehead atoms. The summed E-state index contributed by atoms with van der Waals surface area (Å²) in [6.45, 7) is 2.82. The first-order valence-electron chi connectivity index (χ1n) is 10.5. The van der Waals surface area contributed by atoms with Crippen molar-refractivity contribution in [3.05, 3.63) is 46.7 Å². The summed E-state index contributed by atoms with van der Waals surface area (Å²) in [6.07, 6.45) is 7.97. The number of nitriles is 1. The second kappa shape index (κ2) is 9.60. The second-order valence-corrected chi connectivity index (χ2v) is 7.94. The summed E-state index contributed by atoms with van der Waals surface area (Å²) in [7, 11) is 0. The normalized spacial score (nSPS) is 18.5. The molecule has 1 fully saturated rings. The molecule has 6 heteroatoms. The molecule has 6 nitrogen and oxygen atoms in total. The van der Waals surface area contributed by atoms with Crippen LogP contribution in [-0.2, 0) is 22.4 Å². The van der Waals surface area contributed by atoms with Crippen LogP contribution in [0.5, 0.6) is 0 Å². The number of nitrogens with zero attached hydrogens (tertiary/aromatic N) is 2. The smallest absolute Gasteiger partial charge is 0.306 e. The molecule has 154 valence electrons. The SMILES string of the molecule is CCC(N/C=C(/C#N)C(=O)N1CCC(C(=O)O)CC1)c1ccc2c(c1)CCCC2. The Kier molecular flexibility index (Phi) is 6.92. The van der Waals surface area contributed by atoms with Crippen LogP contribution in [0.15, 0.2) is 30.0 Å². The van der Waals surface area contributed by atoms with Gasteiger partial charge in [-0.1, -0.05) is 25.1 Å². The van der Waals surface area contributed by atoms with Crippen molar-refractivity contribution in [3.63, 3.8) is 0 Å². The maximum absolute atomic E-state index is 12.7. The van der Waals surface area contributed by atoms with Gasteiger partial charge in [0, 0.05) is 19.3 Å². The Morgan fingerprint density at radius 1 is 1.28 bits per heavy atom. The number of likely N-dealkylation sites (tertiary alicyclic amines) is 1. The molecule has 2 aliphatic rings. The molecule has 1 saturated heterocycles. The Morgan fingerprint density at radius 2 is 1.97 bits per heavy atom. The number of carboxylic acid groups (broad SMARTS) is 1. The lowest BCUT2D eigenvalue weighted by atomic mass is 9.89. The number of carbonyl (C=O) groups is 2. The van der Waals surface area contributed by atoms with E-state index < -0.39 is 11.9 Å². The summed E-state index contributed by atoms with van der Waals surface area (Å²) in [6, 6.07) is 8.65. The van der Waals surface area contributed by atoms with Gasteiger partial charge in [0.05, 0.1) is 12.0 Å². The van der Waals surface area contributed by atoms with Crippen LogP contribution in [0.2, 0.25) is 0 Å². The molecular formula is C23H29N3O3.